The number of benzene rings is 1. The molecule has 23 heavy (non-hydrogen) atoms. The molecule has 1 saturated heterocycles. The summed E-state index contributed by atoms with van der Waals surface area (Å²) in [6.07, 6.45) is 8.68. The molecule has 4 nitrogen and oxygen atoms in total. The summed E-state index contributed by atoms with van der Waals surface area (Å²) in [5.74, 6) is 0. The van der Waals surface area contributed by atoms with E-state index >= 15 is 0 Å². The summed E-state index contributed by atoms with van der Waals surface area (Å²) in [7, 11) is 0. The normalized spacial score (nSPS) is 22.8. The van der Waals surface area contributed by atoms with Crippen LogP contribution in [0.4, 0.5) is 4.79 Å². The molecule has 3 rings (SSSR count). The SMILES string of the molecule is O=C(OCc1ccccc1)N1CCC[C@@H](NC2CCCCC2)C1. The molecule has 0 spiro atoms. The molecule has 1 aromatic carbocycles. The van der Waals surface area contributed by atoms with Crippen molar-refractivity contribution in [2.24, 2.45) is 0 Å². The summed E-state index contributed by atoms with van der Waals surface area (Å²) in [4.78, 5) is 14.2. The summed E-state index contributed by atoms with van der Waals surface area (Å²) in [6, 6.07) is 10.9. The fourth-order valence-electron chi connectivity index (χ4n) is 3.69. The monoisotopic (exact) mass is 316 g/mol. The van der Waals surface area contributed by atoms with Crippen molar-refractivity contribution in [1.29, 1.82) is 0 Å². The highest BCUT2D eigenvalue weighted by Crippen LogP contribution is 2.20. The van der Waals surface area contributed by atoms with E-state index in [0.717, 1.165) is 25.1 Å². The molecule has 2 aliphatic rings. The van der Waals surface area contributed by atoms with Crippen LogP contribution in [0.2, 0.25) is 0 Å². The number of amides is 1. The lowest BCUT2D eigenvalue weighted by Crippen LogP contribution is -2.51. The number of nitrogens with one attached hydrogen (secondary N) is 1. The molecule has 1 saturated carbocycles. The van der Waals surface area contributed by atoms with Gasteiger partial charge in [-0.3, -0.25) is 0 Å². The van der Waals surface area contributed by atoms with E-state index < -0.39 is 0 Å². The van der Waals surface area contributed by atoms with Gasteiger partial charge in [0.15, 0.2) is 0 Å². The minimum absolute atomic E-state index is 0.177. The first kappa shape index (κ1) is 16.3. The second-order valence-corrected chi connectivity index (χ2v) is 6.83. The zero-order valence-electron chi connectivity index (χ0n) is 13.9. The predicted octanol–water partition coefficient (Wildman–Crippen LogP) is 3.71. The molecule has 0 aromatic heterocycles. The molecule has 4 heteroatoms. The zero-order valence-corrected chi connectivity index (χ0v) is 13.9. The number of carbonyl (C=O) groups excluding carboxylic acids is 1. The van der Waals surface area contributed by atoms with Gasteiger partial charge >= 0.3 is 6.09 Å². The third-order valence-electron chi connectivity index (χ3n) is 4.96. The van der Waals surface area contributed by atoms with Crippen LogP contribution >= 0.6 is 0 Å². The fraction of sp³-hybridized carbons (Fsp3) is 0.632. The van der Waals surface area contributed by atoms with Gasteiger partial charge in [0.05, 0.1) is 0 Å². The minimum Gasteiger partial charge on any atom is -0.445 e. The molecule has 1 amide bonds. The second kappa shape index (κ2) is 8.34. The van der Waals surface area contributed by atoms with Gasteiger partial charge in [-0.05, 0) is 31.2 Å². The second-order valence-electron chi connectivity index (χ2n) is 6.83. The Bertz CT molecular complexity index is 485. The van der Waals surface area contributed by atoms with Gasteiger partial charge in [-0.2, -0.15) is 0 Å². The maximum atomic E-state index is 12.3. The number of hydrogen-bond donors (Lipinski definition) is 1. The van der Waals surface area contributed by atoms with Crippen molar-refractivity contribution >= 4 is 6.09 Å². The van der Waals surface area contributed by atoms with E-state index in [1.807, 2.05) is 35.2 Å². The number of piperidine rings is 1. The van der Waals surface area contributed by atoms with E-state index in [0.29, 0.717) is 18.7 Å². The van der Waals surface area contributed by atoms with Gasteiger partial charge in [-0.15, -0.1) is 0 Å². The fourth-order valence-corrected chi connectivity index (χ4v) is 3.69. The Labute approximate surface area is 139 Å². The molecule has 1 aliphatic carbocycles. The van der Waals surface area contributed by atoms with Gasteiger partial charge in [0.1, 0.15) is 6.61 Å². The Morgan fingerprint density at radius 2 is 1.78 bits per heavy atom. The van der Waals surface area contributed by atoms with Crippen LogP contribution in [0.3, 0.4) is 0 Å². The van der Waals surface area contributed by atoms with E-state index in [2.05, 4.69) is 5.32 Å². The van der Waals surface area contributed by atoms with Crippen molar-refractivity contribution in [3.8, 4) is 0 Å². The van der Waals surface area contributed by atoms with Crippen molar-refractivity contribution in [2.45, 2.75) is 63.6 Å². The van der Waals surface area contributed by atoms with Gasteiger partial charge in [0, 0.05) is 25.2 Å². The summed E-state index contributed by atoms with van der Waals surface area (Å²) in [5.41, 5.74) is 1.04. The number of hydrogen-bond acceptors (Lipinski definition) is 3. The van der Waals surface area contributed by atoms with Gasteiger partial charge in [0.25, 0.3) is 0 Å². The van der Waals surface area contributed by atoms with E-state index in [-0.39, 0.29) is 6.09 Å². The zero-order chi connectivity index (χ0) is 15.9. The molecule has 1 N–H and O–H groups in total. The van der Waals surface area contributed by atoms with E-state index in [9.17, 15) is 4.79 Å². The van der Waals surface area contributed by atoms with Crippen molar-refractivity contribution in [1.82, 2.24) is 10.2 Å². The molecule has 2 fully saturated rings. The van der Waals surface area contributed by atoms with Crippen molar-refractivity contribution in [3.05, 3.63) is 35.9 Å². The molecule has 0 radical (unpaired) electrons. The Hall–Kier alpha value is -1.55. The Kier molecular flexibility index (Phi) is 5.92. The van der Waals surface area contributed by atoms with Gasteiger partial charge in [-0.1, -0.05) is 49.6 Å². The van der Waals surface area contributed by atoms with Crippen LogP contribution in [-0.4, -0.2) is 36.2 Å². The predicted molar refractivity (Wildman–Crippen MR) is 91.2 cm³/mol. The van der Waals surface area contributed by atoms with Crippen molar-refractivity contribution < 1.29 is 9.53 Å². The van der Waals surface area contributed by atoms with Crippen LogP contribution < -0.4 is 5.32 Å². The van der Waals surface area contributed by atoms with Crippen LogP contribution in [0.5, 0.6) is 0 Å². The molecular weight excluding hydrogens is 288 g/mol. The van der Waals surface area contributed by atoms with Crippen LogP contribution in [-0.2, 0) is 11.3 Å². The summed E-state index contributed by atoms with van der Waals surface area (Å²) < 4.78 is 5.47. The van der Waals surface area contributed by atoms with Crippen molar-refractivity contribution in [2.75, 3.05) is 13.1 Å². The number of ether oxygens (including phenoxy) is 1. The van der Waals surface area contributed by atoms with Gasteiger partial charge < -0.3 is 15.0 Å². The topological polar surface area (TPSA) is 41.6 Å². The average Bonchev–Trinajstić information content (AvgIpc) is 2.62. The van der Waals surface area contributed by atoms with Crippen LogP contribution in [0, 0.1) is 0 Å². The maximum absolute atomic E-state index is 12.3. The number of nitrogens with zero attached hydrogens (tertiary/aromatic N) is 1. The molecule has 1 aliphatic heterocycles. The third-order valence-corrected chi connectivity index (χ3v) is 4.96. The smallest absolute Gasteiger partial charge is 0.410 e. The highest BCUT2D eigenvalue weighted by atomic mass is 16.6. The highest BCUT2D eigenvalue weighted by Gasteiger charge is 2.26. The summed E-state index contributed by atoms with van der Waals surface area (Å²) in [5, 5.41) is 3.77. The maximum Gasteiger partial charge on any atom is 0.410 e. The van der Waals surface area contributed by atoms with Crippen LogP contribution in [0.1, 0.15) is 50.5 Å². The third kappa shape index (κ3) is 4.96. The van der Waals surface area contributed by atoms with Gasteiger partial charge in [0.2, 0.25) is 0 Å². The molecule has 126 valence electrons. The Balaban J connectivity index is 1.44. The van der Waals surface area contributed by atoms with E-state index in [4.69, 9.17) is 4.74 Å². The number of rotatable bonds is 4. The summed E-state index contributed by atoms with van der Waals surface area (Å²) >= 11 is 0. The average molecular weight is 316 g/mol. The first-order chi connectivity index (χ1) is 11.3. The van der Waals surface area contributed by atoms with Gasteiger partial charge in [-0.25, -0.2) is 4.79 Å². The minimum atomic E-state index is -0.177. The molecule has 1 aromatic rings. The van der Waals surface area contributed by atoms with Crippen LogP contribution in [0.15, 0.2) is 30.3 Å². The first-order valence-electron chi connectivity index (χ1n) is 9.03. The van der Waals surface area contributed by atoms with E-state index in [1.54, 1.807) is 0 Å². The standard InChI is InChI=1S/C19H28N2O2/c22-19(23-15-16-8-3-1-4-9-16)21-13-7-12-18(14-21)20-17-10-5-2-6-11-17/h1,3-4,8-9,17-18,20H,2,5-7,10-15H2/t18-/m1/s1. The first-order valence-corrected chi connectivity index (χ1v) is 9.03. The molecule has 1 atom stereocenters. The quantitative estimate of drug-likeness (QED) is 0.920. The number of carbonyl (C=O) groups is 1. The molecule has 0 unspecified atom stereocenters. The lowest BCUT2D eigenvalue weighted by atomic mass is 9.94. The largest absolute Gasteiger partial charge is 0.445 e. The van der Waals surface area contributed by atoms with E-state index in [1.165, 1.54) is 38.5 Å². The lowest BCUT2D eigenvalue weighted by Gasteiger charge is -2.35. The Morgan fingerprint density at radius 3 is 2.57 bits per heavy atom. The Morgan fingerprint density at radius 1 is 1.04 bits per heavy atom. The molecule has 0 bridgehead atoms. The number of likely N-dealkylation sites (tertiary alicyclic amines) is 1. The lowest BCUT2D eigenvalue weighted by molar-refractivity contribution is 0.0814. The van der Waals surface area contributed by atoms with Crippen molar-refractivity contribution in [3.63, 3.8) is 0 Å². The van der Waals surface area contributed by atoms with Crippen LogP contribution in [0.25, 0.3) is 0 Å². The molecule has 1 heterocycles. The summed E-state index contributed by atoms with van der Waals surface area (Å²) in [6.45, 7) is 1.96. The highest BCUT2D eigenvalue weighted by molar-refractivity contribution is 5.67. The molecular formula is C19H28N2O2.